The van der Waals surface area contributed by atoms with Crippen LogP contribution in [0.2, 0.25) is 0 Å². The molecule has 0 spiro atoms. The maximum atomic E-state index is 13.5. The van der Waals surface area contributed by atoms with Gasteiger partial charge in [-0.1, -0.05) is 13.3 Å². The molecule has 1 aromatic rings. The fraction of sp³-hybridized carbons (Fsp3) is 0.462. The van der Waals surface area contributed by atoms with Crippen LogP contribution in [0.3, 0.4) is 0 Å². The average Bonchev–Trinajstić information content (AvgIpc) is 2.29. The zero-order valence-corrected chi connectivity index (χ0v) is 10.2. The molecule has 17 heavy (non-hydrogen) atoms. The first kappa shape index (κ1) is 13.6. The van der Waals surface area contributed by atoms with E-state index in [-0.39, 0.29) is 11.4 Å². The number of unbranched alkanes of at least 4 members (excludes halogenated alkanes) is 1. The van der Waals surface area contributed by atoms with E-state index in [1.165, 1.54) is 18.2 Å². The van der Waals surface area contributed by atoms with Crippen molar-refractivity contribution in [3.8, 4) is 0 Å². The Morgan fingerprint density at radius 1 is 1.47 bits per heavy atom. The second-order valence-corrected chi connectivity index (χ2v) is 4.20. The number of carbonyl (C=O) groups is 1. The maximum Gasteiger partial charge on any atom is 0.335 e. The van der Waals surface area contributed by atoms with Gasteiger partial charge in [-0.05, 0) is 38.2 Å². The molecule has 0 aliphatic carbocycles. The standard InChI is InChI=1S/C13H18FNO2/c1-3-4-7-15(2)9-11-8-10(13(16)17)5-6-12(11)14/h5-6,8H,3-4,7,9H2,1-2H3,(H,16,17). The van der Waals surface area contributed by atoms with Gasteiger partial charge in [-0.15, -0.1) is 0 Å². The summed E-state index contributed by atoms with van der Waals surface area (Å²) in [6.07, 6.45) is 2.14. The van der Waals surface area contributed by atoms with Gasteiger partial charge in [-0.3, -0.25) is 0 Å². The van der Waals surface area contributed by atoms with Crippen molar-refractivity contribution in [3.05, 3.63) is 35.1 Å². The summed E-state index contributed by atoms with van der Waals surface area (Å²) in [5.74, 6) is -1.37. The molecular formula is C13H18FNO2. The van der Waals surface area contributed by atoms with Gasteiger partial charge in [0.1, 0.15) is 5.82 Å². The van der Waals surface area contributed by atoms with E-state index in [2.05, 4.69) is 6.92 Å². The molecule has 0 amide bonds. The van der Waals surface area contributed by atoms with Crippen molar-refractivity contribution in [3.63, 3.8) is 0 Å². The van der Waals surface area contributed by atoms with Gasteiger partial charge >= 0.3 is 5.97 Å². The van der Waals surface area contributed by atoms with Gasteiger partial charge in [0.2, 0.25) is 0 Å². The maximum absolute atomic E-state index is 13.5. The first-order valence-corrected chi connectivity index (χ1v) is 5.75. The Hall–Kier alpha value is -1.42. The van der Waals surface area contributed by atoms with Crippen LogP contribution in [0, 0.1) is 5.82 Å². The highest BCUT2D eigenvalue weighted by atomic mass is 19.1. The van der Waals surface area contributed by atoms with Gasteiger partial charge in [0.25, 0.3) is 0 Å². The predicted molar refractivity (Wildman–Crippen MR) is 64.6 cm³/mol. The molecule has 1 N–H and O–H groups in total. The van der Waals surface area contributed by atoms with Crippen LogP contribution >= 0.6 is 0 Å². The highest BCUT2D eigenvalue weighted by Crippen LogP contribution is 2.13. The van der Waals surface area contributed by atoms with Gasteiger partial charge in [0.15, 0.2) is 0 Å². The van der Waals surface area contributed by atoms with Crippen LogP contribution in [-0.2, 0) is 6.54 Å². The molecule has 0 aromatic heterocycles. The van der Waals surface area contributed by atoms with Crippen LogP contribution in [-0.4, -0.2) is 29.6 Å². The Morgan fingerprint density at radius 3 is 2.76 bits per heavy atom. The lowest BCUT2D eigenvalue weighted by atomic mass is 10.1. The Morgan fingerprint density at radius 2 is 2.18 bits per heavy atom. The van der Waals surface area contributed by atoms with Crippen molar-refractivity contribution in [2.75, 3.05) is 13.6 Å². The summed E-state index contributed by atoms with van der Waals surface area (Å²) in [4.78, 5) is 12.8. The molecule has 1 aromatic carbocycles. The highest BCUT2D eigenvalue weighted by Gasteiger charge is 2.10. The Kier molecular flexibility index (Phi) is 5.10. The van der Waals surface area contributed by atoms with Crippen LogP contribution in [0.25, 0.3) is 0 Å². The molecule has 0 radical (unpaired) electrons. The molecule has 94 valence electrons. The number of hydrogen-bond acceptors (Lipinski definition) is 2. The number of carboxylic acid groups (broad SMARTS) is 1. The Bertz CT molecular complexity index is 393. The summed E-state index contributed by atoms with van der Waals surface area (Å²) in [6, 6.07) is 3.90. The van der Waals surface area contributed by atoms with E-state index < -0.39 is 5.97 Å². The number of aromatic carboxylic acids is 1. The molecular weight excluding hydrogens is 221 g/mol. The summed E-state index contributed by atoms with van der Waals surface area (Å²) in [5, 5.41) is 8.84. The molecule has 0 fully saturated rings. The van der Waals surface area contributed by atoms with Crippen molar-refractivity contribution < 1.29 is 14.3 Å². The summed E-state index contributed by atoms with van der Waals surface area (Å²) < 4.78 is 13.5. The predicted octanol–water partition coefficient (Wildman–Crippen LogP) is 2.76. The normalized spacial score (nSPS) is 10.8. The van der Waals surface area contributed by atoms with Crippen molar-refractivity contribution >= 4 is 5.97 Å². The van der Waals surface area contributed by atoms with E-state index in [9.17, 15) is 9.18 Å². The fourth-order valence-corrected chi connectivity index (χ4v) is 1.63. The summed E-state index contributed by atoms with van der Waals surface area (Å²) >= 11 is 0. The van der Waals surface area contributed by atoms with E-state index in [4.69, 9.17) is 5.11 Å². The summed E-state index contributed by atoms with van der Waals surface area (Å²) in [5.41, 5.74) is 0.564. The lowest BCUT2D eigenvalue weighted by molar-refractivity contribution is 0.0696. The average molecular weight is 239 g/mol. The Labute approximate surface area is 101 Å². The van der Waals surface area contributed by atoms with E-state index in [1.54, 1.807) is 0 Å². The van der Waals surface area contributed by atoms with Gasteiger partial charge < -0.3 is 10.0 Å². The fourth-order valence-electron chi connectivity index (χ4n) is 1.63. The summed E-state index contributed by atoms with van der Waals surface area (Å²) in [6.45, 7) is 3.42. The zero-order valence-electron chi connectivity index (χ0n) is 10.2. The van der Waals surface area contributed by atoms with Gasteiger partial charge in [-0.25, -0.2) is 9.18 Å². The lowest BCUT2D eigenvalue weighted by Gasteiger charge is -2.16. The van der Waals surface area contributed by atoms with E-state index >= 15 is 0 Å². The minimum atomic E-state index is -1.03. The van der Waals surface area contributed by atoms with E-state index in [0.717, 1.165) is 19.4 Å². The zero-order chi connectivity index (χ0) is 12.8. The smallest absolute Gasteiger partial charge is 0.335 e. The molecule has 0 bridgehead atoms. The summed E-state index contributed by atoms with van der Waals surface area (Å²) in [7, 11) is 1.91. The third-order valence-corrected chi connectivity index (χ3v) is 2.63. The van der Waals surface area contributed by atoms with Crippen molar-refractivity contribution in [1.29, 1.82) is 0 Å². The van der Waals surface area contributed by atoms with Crippen molar-refractivity contribution in [2.45, 2.75) is 26.3 Å². The largest absolute Gasteiger partial charge is 0.478 e. The minimum absolute atomic E-state index is 0.130. The van der Waals surface area contributed by atoms with Crippen LogP contribution < -0.4 is 0 Å². The number of halogens is 1. The van der Waals surface area contributed by atoms with Crippen LogP contribution in [0.15, 0.2) is 18.2 Å². The molecule has 3 nitrogen and oxygen atoms in total. The number of benzene rings is 1. The molecule has 0 aliphatic heterocycles. The van der Waals surface area contributed by atoms with Crippen molar-refractivity contribution in [1.82, 2.24) is 4.90 Å². The Balaban J connectivity index is 2.75. The van der Waals surface area contributed by atoms with Crippen LogP contribution in [0.4, 0.5) is 4.39 Å². The molecule has 0 heterocycles. The van der Waals surface area contributed by atoms with Crippen LogP contribution in [0.5, 0.6) is 0 Å². The third kappa shape index (κ3) is 4.15. The van der Waals surface area contributed by atoms with E-state index in [1.807, 2.05) is 11.9 Å². The SMILES string of the molecule is CCCCN(C)Cc1cc(C(=O)O)ccc1F. The first-order valence-electron chi connectivity index (χ1n) is 5.75. The second kappa shape index (κ2) is 6.35. The topological polar surface area (TPSA) is 40.5 Å². The third-order valence-electron chi connectivity index (χ3n) is 2.63. The molecule has 0 unspecified atom stereocenters. The quantitative estimate of drug-likeness (QED) is 0.829. The molecule has 1 rings (SSSR count). The monoisotopic (exact) mass is 239 g/mol. The number of hydrogen-bond donors (Lipinski definition) is 1. The number of rotatable bonds is 6. The lowest BCUT2D eigenvalue weighted by Crippen LogP contribution is -2.20. The van der Waals surface area contributed by atoms with Gasteiger partial charge in [0.05, 0.1) is 5.56 Å². The van der Waals surface area contributed by atoms with Gasteiger partial charge in [-0.2, -0.15) is 0 Å². The number of carboxylic acids is 1. The molecule has 0 saturated carbocycles. The van der Waals surface area contributed by atoms with Crippen molar-refractivity contribution in [2.24, 2.45) is 0 Å². The molecule has 0 aliphatic rings. The highest BCUT2D eigenvalue weighted by molar-refractivity contribution is 5.87. The van der Waals surface area contributed by atoms with E-state index in [0.29, 0.717) is 12.1 Å². The second-order valence-electron chi connectivity index (χ2n) is 4.20. The minimum Gasteiger partial charge on any atom is -0.478 e. The number of nitrogens with zero attached hydrogens (tertiary/aromatic N) is 1. The molecule has 4 heteroatoms. The van der Waals surface area contributed by atoms with Crippen LogP contribution in [0.1, 0.15) is 35.7 Å². The first-order chi connectivity index (χ1) is 8.04. The molecule has 0 atom stereocenters. The molecule has 0 saturated heterocycles. The van der Waals surface area contributed by atoms with Gasteiger partial charge in [0, 0.05) is 12.1 Å².